The number of rotatable bonds is 5. The van der Waals surface area contributed by atoms with Crippen LogP contribution in [-0.4, -0.2) is 25.1 Å². The van der Waals surface area contributed by atoms with Crippen LogP contribution in [0.25, 0.3) is 10.6 Å². The Morgan fingerprint density at radius 2 is 1.69 bits per heavy atom. The molecule has 0 aliphatic rings. The van der Waals surface area contributed by atoms with Crippen LogP contribution in [0.4, 0.5) is 5.69 Å². The molecule has 0 saturated carbocycles. The summed E-state index contributed by atoms with van der Waals surface area (Å²) in [5, 5.41) is 3.78. The molecule has 1 amide bonds. The second-order valence-corrected chi connectivity index (χ2v) is 6.77. The monoisotopic (exact) mass is 368 g/mol. The van der Waals surface area contributed by atoms with E-state index >= 15 is 0 Å². The SMILES string of the molecule is COc1cc(C)c(NC(=O)c2sc(-c3ccccc3)nc2C)cc1OC. The highest BCUT2D eigenvalue weighted by molar-refractivity contribution is 7.17. The number of nitrogens with zero attached hydrogens (tertiary/aromatic N) is 1. The third kappa shape index (κ3) is 3.55. The molecule has 2 aromatic carbocycles. The number of hydrogen-bond donors (Lipinski definition) is 1. The van der Waals surface area contributed by atoms with Crippen LogP contribution in [0.1, 0.15) is 20.9 Å². The number of hydrogen-bond acceptors (Lipinski definition) is 5. The molecule has 3 rings (SSSR count). The van der Waals surface area contributed by atoms with Gasteiger partial charge >= 0.3 is 0 Å². The molecule has 0 unspecified atom stereocenters. The Morgan fingerprint density at radius 1 is 1.04 bits per heavy atom. The van der Waals surface area contributed by atoms with Crippen molar-refractivity contribution in [1.82, 2.24) is 4.98 Å². The first-order valence-corrected chi connectivity index (χ1v) is 8.92. The van der Waals surface area contributed by atoms with Gasteiger partial charge in [-0.15, -0.1) is 11.3 Å². The van der Waals surface area contributed by atoms with E-state index in [1.165, 1.54) is 11.3 Å². The maximum absolute atomic E-state index is 12.8. The average Bonchev–Trinajstić information content (AvgIpc) is 3.05. The number of benzene rings is 2. The Morgan fingerprint density at radius 3 is 2.35 bits per heavy atom. The van der Waals surface area contributed by atoms with Crippen molar-refractivity contribution in [3.05, 3.63) is 58.6 Å². The molecule has 0 aliphatic heterocycles. The van der Waals surface area contributed by atoms with E-state index in [0.717, 1.165) is 16.1 Å². The molecule has 134 valence electrons. The van der Waals surface area contributed by atoms with Gasteiger partial charge in [0.2, 0.25) is 0 Å². The highest BCUT2D eigenvalue weighted by Gasteiger charge is 2.18. The van der Waals surface area contributed by atoms with Crippen LogP contribution in [0.15, 0.2) is 42.5 Å². The third-order valence-electron chi connectivity index (χ3n) is 4.00. The number of nitrogens with one attached hydrogen (secondary N) is 1. The Bertz CT molecular complexity index is 936. The summed E-state index contributed by atoms with van der Waals surface area (Å²) in [5.74, 6) is 1.01. The number of amides is 1. The molecule has 5 nitrogen and oxygen atoms in total. The average molecular weight is 368 g/mol. The van der Waals surface area contributed by atoms with E-state index in [-0.39, 0.29) is 5.91 Å². The van der Waals surface area contributed by atoms with Crippen molar-refractivity contribution in [2.45, 2.75) is 13.8 Å². The summed E-state index contributed by atoms with van der Waals surface area (Å²) < 4.78 is 10.6. The first-order valence-electron chi connectivity index (χ1n) is 8.10. The van der Waals surface area contributed by atoms with E-state index in [0.29, 0.717) is 27.8 Å². The van der Waals surface area contributed by atoms with E-state index in [2.05, 4.69) is 10.3 Å². The minimum atomic E-state index is -0.183. The van der Waals surface area contributed by atoms with Crippen LogP contribution in [-0.2, 0) is 0 Å². The fourth-order valence-corrected chi connectivity index (χ4v) is 3.57. The maximum Gasteiger partial charge on any atom is 0.267 e. The van der Waals surface area contributed by atoms with E-state index in [9.17, 15) is 4.79 Å². The number of methoxy groups -OCH3 is 2. The Labute approximate surface area is 156 Å². The van der Waals surface area contributed by atoms with Gasteiger partial charge in [-0.05, 0) is 25.5 Å². The van der Waals surface area contributed by atoms with Crippen molar-refractivity contribution < 1.29 is 14.3 Å². The van der Waals surface area contributed by atoms with Gasteiger partial charge in [0, 0.05) is 17.3 Å². The summed E-state index contributed by atoms with van der Waals surface area (Å²) in [6, 6.07) is 13.4. The Kier molecular flexibility index (Phi) is 5.23. The highest BCUT2D eigenvalue weighted by atomic mass is 32.1. The zero-order valence-electron chi connectivity index (χ0n) is 15.1. The summed E-state index contributed by atoms with van der Waals surface area (Å²) in [6.45, 7) is 3.76. The van der Waals surface area contributed by atoms with Crippen molar-refractivity contribution in [2.24, 2.45) is 0 Å². The normalized spacial score (nSPS) is 10.5. The van der Waals surface area contributed by atoms with Crippen molar-refractivity contribution in [3.63, 3.8) is 0 Å². The molecule has 26 heavy (non-hydrogen) atoms. The van der Waals surface area contributed by atoms with Crippen LogP contribution >= 0.6 is 11.3 Å². The minimum absolute atomic E-state index is 0.183. The summed E-state index contributed by atoms with van der Waals surface area (Å²) in [5.41, 5.74) is 3.29. The molecular weight excluding hydrogens is 348 g/mol. The molecule has 0 fully saturated rings. The molecule has 0 saturated heterocycles. The maximum atomic E-state index is 12.8. The molecule has 1 N–H and O–H groups in total. The second kappa shape index (κ2) is 7.58. The summed E-state index contributed by atoms with van der Waals surface area (Å²) in [4.78, 5) is 17.9. The fraction of sp³-hybridized carbons (Fsp3) is 0.200. The lowest BCUT2D eigenvalue weighted by Crippen LogP contribution is -2.12. The first kappa shape index (κ1) is 17.9. The number of carbonyl (C=O) groups is 1. The first-order chi connectivity index (χ1) is 12.5. The molecule has 0 radical (unpaired) electrons. The molecule has 0 aliphatic carbocycles. The predicted molar refractivity (Wildman–Crippen MR) is 105 cm³/mol. The van der Waals surface area contributed by atoms with E-state index in [1.54, 1.807) is 20.3 Å². The van der Waals surface area contributed by atoms with E-state index < -0.39 is 0 Å². The smallest absolute Gasteiger partial charge is 0.267 e. The molecule has 6 heteroatoms. The lowest BCUT2D eigenvalue weighted by molar-refractivity contribution is 0.102. The zero-order valence-corrected chi connectivity index (χ0v) is 15.9. The van der Waals surface area contributed by atoms with Crippen LogP contribution in [0.2, 0.25) is 0 Å². The summed E-state index contributed by atoms with van der Waals surface area (Å²) in [7, 11) is 3.15. The molecule has 1 aromatic heterocycles. The van der Waals surface area contributed by atoms with Gasteiger partial charge < -0.3 is 14.8 Å². The number of aryl methyl sites for hydroxylation is 2. The topological polar surface area (TPSA) is 60.5 Å². The Balaban J connectivity index is 1.88. The molecular formula is C20H20N2O3S. The Hall–Kier alpha value is -2.86. The van der Waals surface area contributed by atoms with Gasteiger partial charge in [0.1, 0.15) is 9.88 Å². The van der Waals surface area contributed by atoms with Crippen molar-refractivity contribution in [3.8, 4) is 22.1 Å². The van der Waals surface area contributed by atoms with Crippen LogP contribution in [0, 0.1) is 13.8 Å². The molecule has 1 heterocycles. The van der Waals surface area contributed by atoms with Gasteiger partial charge in [-0.3, -0.25) is 4.79 Å². The number of anilines is 1. The van der Waals surface area contributed by atoms with Gasteiger partial charge in [0.25, 0.3) is 5.91 Å². The summed E-state index contributed by atoms with van der Waals surface area (Å²) >= 11 is 1.38. The van der Waals surface area contributed by atoms with Gasteiger partial charge in [-0.25, -0.2) is 4.98 Å². The lowest BCUT2D eigenvalue weighted by Gasteiger charge is -2.13. The predicted octanol–water partition coefficient (Wildman–Crippen LogP) is 4.70. The van der Waals surface area contributed by atoms with E-state index in [1.807, 2.05) is 50.2 Å². The van der Waals surface area contributed by atoms with Crippen LogP contribution < -0.4 is 14.8 Å². The van der Waals surface area contributed by atoms with Crippen LogP contribution in [0.3, 0.4) is 0 Å². The van der Waals surface area contributed by atoms with Crippen molar-refractivity contribution in [2.75, 3.05) is 19.5 Å². The molecule has 0 atom stereocenters. The fourth-order valence-electron chi connectivity index (χ4n) is 2.61. The van der Waals surface area contributed by atoms with E-state index in [4.69, 9.17) is 9.47 Å². The zero-order chi connectivity index (χ0) is 18.7. The lowest BCUT2D eigenvalue weighted by atomic mass is 10.1. The summed E-state index contributed by atoms with van der Waals surface area (Å²) in [6.07, 6.45) is 0. The van der Waals surface area contributed by atoms with Gasteiger partial charge in [0.15, 0.2) is 11.5 Å². The number of carbonyl (C=O) groups excluding carboxylic acids is 1. The number of ether oxygens (including phenoxy) is 2. The number of aromatic nitrogens is 1. The standard InChI is InChI=1S/C20H20N2O3S/c1-12-10-16(24-3)17(25-4)11-15(12)22-19(23)18-13(2)21-20(26-18)14-8-6-5-7-9-14/h5-11H,1-4H3,(H,22,23). The highest BCUT2D eigenvalue weighted by Crippen LogP contribution is 2.34. The molecule has 0 spiro atoms. The van der Waals surface area contributed by atoms with Crippen molar-refractivity contribution >= 4 is 22.9 Å². The number of thiazole rings is 1. The quantitative estimate of drug-likeness (QED) is 0.709. The van der Waals surface area contributed by atoms with Crippen LogP contribution in [0.5, 0.6) is 11.5 Å². The third-order valence-corrected chi connectivity index (χ3v) is 5.21. The van der Waals surface area contributed by atoms with Gasteiger partial charge in [0.05, 0.1) is 19.9 Å². The molecule has 0 bridgehead atoms. The largest absolute Gasteiger partial charge is 0.493 e. The van der Waals surface area contributed by atoms with Crippen molar-refractivity contribution in [1.29, 1.82) is 0 Å². The molecule has 3 aromatic rings. The van der Waals surface area contributed by atoms with Gasteiger partial charge in [-0.1, -0.05) is 30.3 Å². The second-order valence-electron chi connectivity index (χ2n) is 5.78. The minimum Gasteiger partial charge on any atom is -0.493 e. The van der Waals surface area contributed by atoms with Gasteiger partial charge in [-0.2, -0.15) is 0 Å².